The van der Waals surface area contributed by atoms with Gasteiger partial charge in [0.15, 0.2) is 28.0 Å². The molecule has 0 saturated carbocycles. The first-order valence-corrected chi connectivity index (χ1v) is 12.7. The van der Waals surface area contributed by atoms with E-state index in [0.717, 1.165) is 4.70 Å². The number of carbonyl (C=O) groups excluding carboxylic acids is 2. The van der Waals surface area contributed by atoms with Crippen LogP contribution in [-0.2, 0) is 4.79 Å². The smallest absolute Gasteiger partial charge is 0.296 e. The van der Waals surface area contributed by atoms with Crippen LogP contribution < -0.4 is 14.4 Å². The number of Topliss-reactive ketones (excluding diaryl/α,β-unsaturated/α-hetero) is 1. The molecule has 8 nitrogen and oxygen atoms in total. The summed E-state index contributed by atoms with van der Waals surface area (Å²) in [5.74, 6) is -1.00. The Hall–Kier alpha value is -4.34. The Morgan fingerprint density at radius 1 is 1.08 bits per heavy atom. The van der Waals surface area contributed by atoms with Crippen molar-refractivity contribution in [3.05, 3.63) is 94.4 Å². The number of aliphatic hydroxyl groups is 1. The zero-order chi connectivity index (χ0) is 26.6. The number of rotatable bonds is 6. The highest BCUT2D eigenvalue weighted by Crippen LogP contribution is 2.45. The van der Waals surface area contributed by atoms with Crippen molar-refractivity contribution in [2.45, 2.75) is 6.04 Å². The highest BCUT2D eigenvalue weighted by atomic mass is 35.5. The minimum absolute atomic E-state index is 0.0321. The number of halogens is 1. The zero-order valence-electron chi connectivity index (χ0n) is 20.1. The van der Waals surface area contributed by atoms with Gasteiger partial charge in [-0.05, 0) is 48.0 Å². The molecule has 1 N–H and O–H groups in total. The summed E-state index contributed by atoms with van der Waals surface area (Å²) in [5.41, 5.74) is 1.50. The van der Waals surface area contributed by atoms with E-state index >= 15 is 0 Å². The number of ketones is 1. The van der Waals surface area contributed by atoms with E-state index in [9.17, 15) is 14.7 Å². The zero-order valence-corrected chi connectivity index (χ0v) is 21.7. The number of aromatic nitrogens is 1. The van der Waals surface area contributed by atoms with Gasteiger partial charge in [-0.15, -0.1) is 0 Å². The molecule has 1 amide bonds. The van der Waals surface area contributed by atoms with Crippen LogP contribution in [0.15, 0.2) is 82.5 Å². The highest BCUT2D eigenvalue weighted by Gasteiger charge is 2.46. The second kappa shape index (κ2) is 9.20. The quantitative estimate of drug-likeness (QED) is 0.243. The third-order valence-electron chi connectivity index (χ3n) is 6.38. The van der Waals surface area contributed by atoms with Gasteiger partial charge in [-0.3, -0.25) is 14.5 Å². The van der Waals surface area contributed by atoms with Crippen LogP contribution in [0.5, 0.6) is 11.5 Å². The SMILES string of the molecule is COc1ccc(C2C(C(=O)c3cc4cccc(OC)c4o3)=C(O)C(=O)N2c2nc3ccc(Cl)cc3s2)cc1. The van der Waals surface area contributed by atoms with Crippen molar-refractivity contribution in [2.75, 3.05) is 19.1 Å². The molecule has 0 bridgehead atoms. The van der Waals surface area contributed by atoms with E-state index in [1.54, 1.807) is 73.8 Å². The Bertz CT molecular complexity index is 1770. The molecule has 0 fully saturated rings. The van der Waals surface area contributed by atoms with Crippen LogP contribution >= 0.6 is 22.9 Å². The number of thiazole rings is 1. The number of anilines is 1. The van der Waals surface area contributed by atoms with Crippen molar-refractivity contribution in [1.29, 1.82) is 0 Å². The number of hydrogen-bond acceptors (Lipinski definition) is 8. The molecule has 0 aliphatic carbocycles. The number of hydrogen-bond donors (Lipinski definition) is 1. The van der Waals surface area contributed by atoms with Crippen molar-refractivity contribution < 1.29 is 28.6 Å². The molecule has 10 heteroatoms. The number of ether oxygens (including phenoxy) is 2. The first-order valence-electron chi connectivity index (χ1n) is 11.5. The van der Waals surface area contributed by atoms with Crippen LogP contribution in [-0.4, -0.2) is 36.0 Å². The van der Waals surface area contributed by atoms with Crippen molar-refractivity contribution in [3.63, 3.8) is 0 Å². The summed E-state index contributed by atoms with van der Waals surface area (Å²) in [5, 5.41) is 12.6. The fourth-order valence-corrected chi connectivity index (χ4v) is 5.84. The van der Waals surface area contributed by atoms with E-state index in [0.29, 0.717) is 43.7 Å². The predicted molar refractivity (Wildman–Crippen MR) is 145 cm³/mol. The Labute approximate surface area is 225 Å². The van der Waals surface area contributed by atoms with Gasteiger partial charge in [0, 0.05) is 10.4 Å². The third-order valence-corrected chi connectivity index (χ3v) is 7.63. The number of benzene rings is 3. The lowest BCUT2D eigenvalue weighted by Gasteiger charge is -2.24. The van der Waals surface area contributed by atoms with Crippen molar-refractivity contribution in [3.8, 4) is 11.5 Å². The lowest BCUT2D eigenvalue weighted by Crippen LogP contribution is -2.30. The lowest BCUT2D eigenvalue weighted by atomic mass is 9.95. The molecule has 3 heterocycles. The summed E-state index contributed by atoms with van der Waals surface area (Å²) in [4.78, 5) is 33.3. The molecule has 2 aromatic heterocycles. The van der Waals surface area contributed by atoms with Gasteiger partial charge >= 0.3 is 0 Å². The summed E-state index contributed by atoms with van der Waals surface area (Å²) in [6.45, 7) is 0. The van der Waals surface area contributed by atoms with Gasteiger partial charge in [0.05, 0.1) is 36.1 Å². The second-order valence-electron chi connectivity index (χ2n) is 8.54. The molecule has 1 aliphatic heterocycles. The molecule has 0 radical (unpaired) electrons. The van der Waals surface area contributed by atoms with E-state index in [1.165, 1.54) is 23.3 Å². The van der Waals surface area contributed by atoms with Crippen LogP contribution in [0.3, 0.4) is 0 Å². The van der Waals surface area contributed by atoms with E-state index in [-0.39, 0.29) is 11.3 Å². The molecule has 5 aromatic rings. The molecule has 0 saturated heterocycles. The van der Waals surface area contributed by atoms with Gasteiger partial charge in [0.2, 0.25) is 5.78 Å². The number of fused-ring (bicyclic) bond motifs is 2. The van der Waals surface area contributed by atoms with Crippen LogP contribution in [0.25, 0.3) is 21.2 Å². The fourth-order valence-electron chi connectivity index (χ4n) is 4.57. The van der Waals surface area contributed by atoms with E-state index < -0.39 is 23.5 Å². The minimum atomic E-state index is -0.966. The Morgan fingerprint density at radius 3 is 2.61 bits per heavy atom. The lowest BCUT2D eigenvalue weighted by molar-refractivity contribution is -0.117. The van der Waals surface area contributed by atoms with Gasteiger partial charge in [0.1, 0.15) is 5.75 Å². The number of aliphatic hydroxyl groups excluding tert-OH is 1. The molecule has 1 atom stereocenters. The monoisotopic (exact) mass is 546 g/mol. The molecule has 6 rings (SSSR count). The van der Waals surface area contributed by atoms with Crippen molar-refractivity contribution >= 4 is 60.9 Å². The molecule has 1 aliphatic rings. The fraction of sp³-hybridized carbons (Fsp3) is 0.107. The van der Waals surface area contributed by atoms with Gasteiger partial charge in [-0.2, -0.15) is 0 Å². The maximum Gasteiger partial charge on any atom is 0.296 e. The van der Waals surface area contributed by atoms with Crippen LogP contribution in [0, 0.1) is 0 Å². The maximum atomic E-state index is 13.9. The number of methoxy groups -OCH3 is 2. The van der Waals surface area contributed by atoms with Gasteiger partial charge < -0.3 is 19.0 Å². The van der Waals surface area contributed by atoms with E-state index in [2.05, 4.69) is 4.98 Å². The average molecular weight is 547 g/mol. The number of amides is 1. The van der Waals surface area contributed by atoms with Crippen LogP contribution in [0.4, 0.5) is 5.13 Å². The molecular weight excluding hydrogens is 528 g/mol. The summed E-state index contributed by atoms with van der Waals surface area (Å²) in [7, 11) is 3.05. The number of nitrogens with zero attached hydrogens (tertiary/aromatic N) is 2. The molecule has 3 aromatic carbocycles. The average Bonchev–Trinajstić information content (AvgIpc) is 3.62. The number of para-hydroxylation sites is 1. The molecular formula is C28H19ClN2O6S. The summed E-state index contributed by atoms with van der Waals surface area (Å²) >= 11 is 7.39. The van der Waals surface area contributed by atoms with E-state index in [4.69, 9.17) is 25.5 Å². The summed E-state index contributed by atoms with van der Waals surface area (Å²) < 4.78 is 17.3. The van der Waals surface area contributed by atoms with Crippen molar-refractivity contribution in [1.82, 2.24) is 4.98 Å². The Kier molecular flexibility index (Phi) is 5.81. The minimum Gasteiger partial charge on any atom is -0.503 e. The topological polar surface area (TPSA) is 102 Å². The highest BCUT2D eigenvalue weighted by molar-refractivity contribution is 7.22. The third kappa shape index (κ3) is 3.79. The largest absolute Gasteiger partial charge is 0.503 e. The normalized spacial score (nSPS) is 15.6. The number of carbonyl (C=O) groups is 2. The first-order chi connectivity index (χ1) is 18.4. The molecule has 1 unspecified atom stereocenters. The molecule has 0 spiro atoms. The molecule has 38 heavy (non-hydrogen) atoms. The second-order valence-corrected chi connectivity index (χ2v) is 9.99. The van der Waals surface area contributed by atoms with Gasteiger partial charge in [-0.1, -0.05) is 47.2 Å². The first kappa shape index (κ1) is 24.0. The predicted octanol–water partition coefficient (Wildman–Crippen LogP) is 6.50. The van der Waals surface area contributed by atoms with E-state index in [1.807, 2.05) is 0 Å². The van der Waals surface area contributed by atoms with Crippen molar-refractivity contribution in [2.24, 2.45) is 0 Å². The standard InChI is InChI=1S/C28H19ClN2O6S/c1-35-17-9-6-14(7-10-17)23-22(24(32)20-12-15-4-3-5-19(36-2)26(15)37-20)25(33)27(34)31(23)28-30-18-11-8-16(29)13-21(18)38-28/h3-13,23,33H,1-2H3. The maximum absolute atomic E-state index is 13.9. The van der Waals surface area contributed by atoms with Gasteiger partial charge in [-0.25, -0.2) is 4.98 Å². The Morgan fingerprint density at radius 2 is 1.87 bits per heavy atom. The van der Waals surface area contributed by atoms with Gasteiger partial charge in [0.25, 0.3) is 5.91 Å². The summed E-state index contributed by atoms with van der Waals surface area (Å²) in [6.07, 6.45) is 0. The molecule has 190 valence electrons. The Balaban J connectivity index is 1.50. The summed E-state index contributed by atoms with van der Waals surface area (Å²) in [6, 6.07) is 18.0. The number of furan rings is 1. The van der Waals surface area contributed by atoms with Crippen LogP contribution in [0.2, 0.25) is 5.02 Å². The van der Waals surface area contributed by atoms with Crippen LogP contribution in [0.1, 0.15) is 22.2 Å².